The third-order valence-electron chi connectivity index (χ3n) is 3.35. The minimum Gasteiger partial charge on any atom is -0.487 e. The van der Waals surface area contributed by atoms with Crippen molar-refractivity contribution in [3.05, 3.63) is 40.1 Å². The number of benzene rings is 1. The van der Waals surface area contributed by atoms with Crippen LogP contribution in [0.25, 0.3) is 0 Å². The smallest absolute Gasteiger partial charge is 0.350 e. The number of ether oxygens (including phenoxy) is 3. The molecule has 0 saturated carbocycles. The zero-order valence-corrected chi connectivity index (χ0v) is 14.9. The molecule has 0 bridgehead atoms. The second kappa shape index (κ2) is 7.93. The maximum atomic E-state index is 13.0. The molecule has 13 heteroatoms. The van der Waals surface area contributed by atoms with Crippen molar-refractivity contribution in [3.8, 4) is 5.75 Å². The number of nitro benzene ring substituents is 1. The van der Waals surface area contributed by atoms with Crippen molar-refractivity contribution in [1.29, 1.82) is 0 Å². The summed E-state index contributed by atoms with van der Waals surface area (Å²) in [5.41, 5.74) is -1.35. The molecule has 1 aromatic rings. The summed E-state index contributed by atoms with van der Waals surface area (Å²) in [5.74, 6) is -8.53. The second-order valence-electron chi connectivity index (χ2n) is 6.20. The molecule has 0 aromatic heterocycles. The number of hydrogen-bond donors (Lipinski definition) is 1. The highest BCUT2D eigenvalue weighted by molar-refractivity contribution is 6.15. The number of esters is 2. The standard InChI is InChI=1S/C16H14F4N2O7/c1-15(2)28-12(23)11(13(24)29-15)6-21-8-3-9(22(25)26)5-10(4-8)27-7-16(19,20)14(17)18/h3-6,14,21H,7H2,1-2H3. The molecule has 1 aromatic carbocycles. The molecule has 2 rings (SSSR count). The number of nitrogens with zero attached hydrogens (tertiary/aromatic N) is 1. The van der Waals surface area contributed by atoms with Gasteiger partial charge in [-0.15, -0.1) is 0 Å². The van der Waals surface area contributed by atoms with Crippen LogP contribution in [0.2, 0.25) is 0 Å². The molecule has 158 valence electrons. The highest BCUT2D eigenvalue weighted by atomic mass is 19.3. The van der Waals surface area contributed by atoms with Crippen LogP contribution in [0.3, 0.4) is 0 Å². The van der Waals surface area contributed by atoms with Gasteiger partial charge in [-0.1, -0.05) is 0 Å². The van der Waals surface area contributed by atoms with E-state index < -0.39 is 58.6 Å². The number of hydrogen-bond acceptors (Lipinski definition) is 8. The largest absolute Gasteiger partial charge is 0.487 e. The monoisotopic (exact) mass is 422 g/mol. The minimum absolute atomic E-state index is 0.160. The Balaban J connectivity index is 2.24. The van der Waals surface area contributed by atoms with Crippen LogP contribution in [0.15, 0.2) is 30.0 Å². The van der Waals surface area contributed by atoms with E-state index in [0.717, 1.165) is 24.4 Å². The molecule has 0 amide bonds. The molecule has 1 N–H and O–H groups in total. The molecular weight excluding hydrogens is 408 g/mol. The van der Waals surface area contributed by atoms with Crippen molar-refractivity contribution in [2.75, 3.05) is 11.9 Å². The number of cyclic esters (lactones) is 2. The molecule has 0 atom stereocenters. The molecule has 29 heavy (non-hydrogen) atoms. The van der Waals surface area contributed by atoms with Crippen LogP contribution in [-0.4, -0.2) is 41.6 Å². The van der Waals surface area contributed by atoms with Gasteiger partial charge in [0.05, 0.1) is 11.0 Å². The maximum absolute atomic E-state index is 13.0. The summed E-state index contributed by atoms with van der Waals surface area (Å²) >= 11 is 0. The third-order valence-corrected chi connectivity index (χ3v) is 3.35. The van der Waals surface area contributed by atoms with E-state index in [-0.39, 0.29) is 5.69 Å². The summed E-state index contributed by atoms with van der Waals surface area (Å²) < 4.78 is 64.7. The van der Waals surface area contributed by atoms with Crippen LogP contribution in [-0.2, 0) is 19.1 Å². The normalized spacial score (nSPS) is 16.2. The van der Waals surface area contributed by atoms with Gasteiger partial charge in [0.15, 0.2) is 12.2 Å². The lowest BCUT2D eigenvalue weighted by Crippen LogP contribution is -2.42. The summed E-state index contributed by atoms with van der Waals surface area (Å²) in [6.07, 6.45) is -3.16. The van der Waals surface area contributed by atoms with Gasteiger partial charge in [-0.2, -0.15) is 8.78 Å². The van der Waals surface area contributed by atoms with E-state index in [2.05, 4.69) is 10.1 Å². The van der Waals surface area contributed by atoms with Crippen molar-refractivity contribution >= 4 is 23.3 Å². The number of anilines is 1. The van der Waals surface area contributed by atoms with E-state index >= 15 is 0 Å². The molecule has 1 aliphatic heterocycles. The second-order valence-corrected chi connectivity index (χ2v) is 6.20. The van der Waals surface area contributed by atoms with E-state index in [1.807, 2.05) is 0 Å². The summed E-state index contributed by atoms with van der Waals surface area (Å²) in [4.78, 5) is 33.8. The Labute approximate surface area is 160 Å². The predicted octanol–water partition coefficient (Wildman–Crippen LogP) is 3.01. The summed E-state index contributed by atoms with van der Waals surface area (Å²) in [6.45, 7) is 0.929. The van der Waals surface area contributed by atoms with Crippen LogP contribution in [0.1, 0.15) is 13.8 Å². The first-order valence-corrected chi connectivity index (χ1v) is 7.82. The van der Waals surface area contributed by atoms with Gasteiger partial charge in [-0.25, -0.2) is 18.4 Å². The fourth-order valence-electron chi connectivity index (χ4n) is 2.03. The van der Waals surface area contributed by atoms with Gasteiger partial charge in [0, 0.05) is 37.9 Å². The Morgan fingerprint density at radius 3 is 2.34 bits per heavy atom. The number of carbonyl (C=O) groups is 2. The molecule has 9 nitrogen and oxygen atoms in total. The molecule has 0 aliphatic carbocycles. The minimum atomic E-state index is -4.47. The molecule has 0 spiro atoms. The van der Waals surface area contributed by atoms with Gasteiger partial charge < -0.3 is 19.5 Å². The average Bonchev–Trinajstić information content (AvgIpc) is 2.58. The number of carbonyl (C=O) groups excluding carboxylic acids is 2. The third kappa shape index (κ3) is 5.56. The van der Waals surface area contributed by atoms with Crippen LogP contribution >= 0.6 is 0 Å². The van der Waals surface area contributed by atoms with E-state index in [0.29, 0.717) is 0 Å². The fraction of sp³-hybridized carbons (Fsp3) is 0.375. The first kappa shape index (κ1) is 21.9. The van der Waals surface area contributed by atoms with Crippen LogP contribution in [0.4, 0.5) is 28.9 Å². The first-order chi connectivity index (χ1) is 13.3. The lowest BCUT2D eigenvalue weighted by Gasteiger charge is -2.29. The molecule has 1 fully saturated rings. The fourth-order valence-corrected chi connectivity index (χ4v) is 2.03. The van der Waals surface area contributed by atoms with E-state index in [9.17, 15) is 37.3 Å². The zero-order chi connectivity index (χ0) is 22.0. The van der Waals surface area contributed by atoms with Gasteiger partial charge in [-0.3, -0.25) is 10.1 Å². The molecule has 0 unspecified atom stereocenters. The van der Waals surface area contributed by atoms with Gasteiger partial charge in [0.1, 0.15) is 5.75 Å². The Morgan fingerprint density at radius 2 is 1.83 bits per heavy atom. The van der Waals surface area contributed by atoms with Crippen LogP contribution in [0, 0.1) is 10.1 Å². The highest BCUT2D eigenvalue weighted by Crippen LogP contribution is 2.30. The Hall–Kier alpha value is -3.38. The highest BCUT2D eigenvalue weighted by Gasteiger charge is 2.42. The molecule has 0 radical (unpaired) electrons. The lowest BCUT2D eigenvalue weighted by atomic mass is 10.2. The topological polar surface area (TPSA) is 117 Å². The molecule has 1 aliphatic rings. The predicted molar refractivity (Wildman–Crippen MR) is 87.5 cm³/mol. The van der Waals surface area contributed by atoms with E-state index in [1.54, 1.807) is 0 Å². The van der Waals surface area contributed by atoms with Crippen LogP contribution < -0.4 is 10.1 Å². The zero-order valence-electron chi connectivity index (χ0n) is 14.9. The van der Waals surface area contributed by atoms with Gasteiger partial charge in [0.25, 0.3) is 11.5 Å². The summed E-state index contributed by atoms with van der Waals surface area (Å²) in [6, 6.07) is 2.64. The number of nitro groups is 1. The van der Waals surface area contributed by atoms with E-state index in [1.165, 1.54) is 13.8 Å². The number of rotatable bonds is 7. The lowest BCUT2D eigenvalue weighted by molar-refractivity contribution is -0.384. The van der Waals surface area contributed by atoms with Gasteiger partial charge >= 0.3 is 24.3 Å². The number of alkyl halides is 4. The summed E-state index contributed by atoms with van der Waals surface area (Å²) in [7, 11) is 0. The van der Waals surface area contributed by atoms with Crippen molar-refractivity contribution in [1.82, 2.24) is 0 Å². The van der Waals surface area contributed by atoms with Crippen molar-refractivity contribution in [2.24, 2.45) is 0 Å². The molecular formula is C16H14F4N2O7. The Bertz CT molecular complexity index is 849. The number of nitrogens with one attached hydrogen (secondary N) is 1. The maximum Gasteiger partial charge on any atom is 0.350 e. The number of non-ortho nitro benzene ring substituents is 1. The summed E-state index contributed by atoms with van der Waals surface area (Å²) in [5, 5.41) is 13.4. The molecule has 1 heterocycles. The average molecular weight is 422 g/mol. The Morgan fingerprint density at radius 1 is 1.24 bits per heavy atom. The van der Waals surface area contributed by atoms with Gasteiger partial charge in [0.2, 0.25) is 0 Å². The van der Waals surface area contributed by atoms with E-state index in [4.69, 9.17) is 9.47 Å². The van der Waals surface area contributed by atoms with Crippen molar-refractivity contribution in [2.45, 2.75) is 32.0 Å². The SMILES string of the molecule is CC1(C)OC(=O)C(=CNc2cc(OCC(F)(F)C(F)F)cc([N+](=O)[O-])c2)C(=O)O1. The number of halogens is 4. The van der Waals surface area contributed by atoms with Crippen molar-refractivity contribution in [3.63, 3.8) is 0 Å². The van der Waals surface area contributed by atoms with Gasteiger partial charge in [-0.05, 0) is 0 Å². The first-order valence-electron chi connectivity index (χ1n) is 7.82. The Kier molecular flexibility index (Phi) is 5.99. The van der Waals surface area contributed by atoms with Crippen LogP contribution in [0.5, 0.6) is 5.75 Å². The molecule has 1 saturated heterocycles. The van der Waals surface area contributed by atoms with Crippen molar-refractivity contribution < 1.29 is 46.3 Å². The quantitative estimate of drug-likeness (QED) is 0.178.